The van der Waals surface area contributed by atoms with E-state index in [1.165, 1.54) is 81.4 Å². The summed E-state index contributed by atoms with van der Waals surface area (Å²) in [5.74, 6) is 0.580. The van der Waals surface area contributed by atoms with E-state index in [0.717, 1.165) is 55.8 Å². The van der Waals surface area contributed by atoms with Crippen LogP contribution in [0.3, 0.4) is 0 Å². The number of hydrogen-bond donors (Lipinski definition) is 0. The van der Waals surface area contributed by atoms with Crippen LogP contribution in [0, 0.1) is 0 Å². The van der Waals surface area contributed by atoms with Crippen LogP contribution in [0.4, 0.5) is 17.1 Å². The van der Waals surface area contributed by atoms with Crippen molar-refractivity contribution in [2.24, 2.45) is 0 Å². The number of aromatic nitrogens is 1. The Hall–Kier alpha value is -7.36. The maximum absolute atomic E-state index is 6.19. The summed E-state index contributed by atoms with van der Waals surface area (Å²) in [6.45, 7) is 0. The Labute approximate surface area is 355 Å². The van der Waals surface area contributed by atoms with E-state index in [0.29, 0.717) is 5.92 Å². The zero-order chi connectivity index (χ0) is 40.3. The number of hydrogen-bond acceptors (Lipinski definition) is 2. The van der Waals surface area contributed by atoms with Crippen molar-refractivity contribution < 1.29 is 4.42 Å². The molecule has 1 saturated carbocycles. The first-order chi connectivity index (χ1) is 30.3. The van der Waals surface area contributed by atoms with Crippen molar-refractivity contribution in [1.82, 2.24) is 4.57 Å². The Morgan fingerprint density at radius 3 is 1.98 bits per heavy atom. The molecule has 0 amide bonds. The van der Waals surface area contributed by atoms with Crippen LogP contribution >= 0.6 is 0 Å². The minimum atomic E-state index is 0.580. The van der Waals surface area contributed by atoms with Gasteiger partial charge in [0.2, 0.25) is 0 Å². The van der Waals surface area contributed by atoms with Gasteiger partial charge in [-0.15, -0.1) is 0 Å². The third-order valence-electron chi connectivity index (χ3n) is 13.2. The molecule has 61 heavy (non-hydrogen) atoms. The predicted octanol–water partition coefficient (Wildman–Crippen LogP) is 16.7. The fourth-order valence-electron chi connectivity index (χ4n) is 10.3. The minimum absolute atomic E-state index is 0.580. The molecule has 292 valence electrons. The first-order valence-electron chi connectivity index (χ1n) is 21.8. The molecule has 3 heteroatoms. The lowest BCUT2D eigenvalue weighted by Gasteiger charge is -2.29. The van der Waals surface area contributed by atoms with E-state index in [1.807, 2.05) is 12.1 Å². The quantitative estimate of drug-likeness (QED) is 0.161. The van der Waals surface area contributed by atoms with Gasteiger partial charge in [0.1, 0.15) is 11.2 Å². The Kier molecular flexibility index (Phi) is 8.59. The lowest BCUT2D eigenvalue weighted by Crippen LogP contribution is -2.12. The van der Waals surface area contributed by atoms with Crippen LogP contribution < -0.4 is 4.90 Å². The van der Waals surface area contributed by atoms with Crippen LogP contribution in [-0.2, 0) is 0 Å². The van der Waals surface area contributed by atoms with Gasteiger partial charge in [0.05, 0.1) is 16.7 Å². The standard InChI is InChI=1S/C58H44N2O/c1-3-15-40(16-4-1)46-24-13-17-41-18-14-25-51(58(41)46)48-22-8-10-26-53(48)59(44-32-29-39(30-33-44)42-31-36-57-52(37-42)50-23-9-12-28-56(50)61-57)45-34-35-49-47-21-7-11-27-54(47)60(55(49)38-45)43-19-5-2-6-20-43/h2,5-14,17-38,40H,1,3-4,15-16H2. The van der Waals surface area contributed by atoms with Crippen molar-refractivity contribution in [1.29, 1.82) is 0 Å². The summed E-state index contributed by atoms with van der Waals surface area (Å²) in [6.07, 6.45) is 6.46. The molecule has 1 aliphatic carbocycles. The summed E-state index contributed by atoms with van der Waals surface area (Å²) in [7, 11) is 0. The molecule has 1 aliphatic rings. The highest BCUT2D eigenvalue weighted by Crippen LogP contribution is 2.47. The lowest BCUT2D eigenvalue weighted by molar-refractivity contribution is 0.445. The van der Waals surface area contributed by atoms with Gasteiger partial charge in [-0.1, -0.05) is 153 Å². The second-order valence-corrected chi connectivity index (χ2v) is 16.7. The Bertz CT molecular complexity index is 3400. The molecule has 0 atom stereocenters. The maximum Gasteiger partial charge on any atom is 0.135 e. The number of benzene rings is 9. The van der Waals surface area contributed by atoms with E-state index in [2.05, 4.69) is 198 Å². The highest BCUT2D eigenvalue weighted by molar-refractivity contribution is 6.11. The van der Waals surface area contributed by atoms with Crippen molar-refractivity contribution in [2.45, 2.75) is 38.0 Å². The third-order valence-corrected chi connectivity index (χ3v) is 13.2. The largest absolute Gasteiger partial charge is 0.456 e. The van der Waals surface area contributed by atoms with Gasteiger partial charge in [-0.2, -0.15) is 0 Å². The van der Waals surface area contributed by atoms with Gasteiger partial charge in [0, 0.05) is 44.2 Å². The average Bonchev–Trinajstić information content (AvgIpc) is 3.87. The second kappa shape index (κ2) is 14.7. The summed E-state index contributed by atoms with van der Waals surface area (Å²) in [4.78, 5) is 2.47. The lowest BCUT2D eigenvalue weighted by atomic mass is 9.80. The summed E-state index contributed by atoms with van der Waals surface area (Å²) in [6, 6.07) is 73.4. The normalized spacial score (nSPS) is 13.5. The Balaban J connectivity index is 1.07. The van der Waals surface area contributed by atoms with Crippen LogP contribution in [0.25, 0.3) is 82.5 Å². The van der Waals surface area contributed by atoms with E-state index in [-0.39, 0.29) is 0 Å². The van der Waals surface area contributed by atoms with Crippen molar-refractivity contribution >= 4 is 71.6 Å². The monoisotopic (exact) mass is 784 g/mol. The van der Waals surface area contributed by atoms with Crippen molar-refractivity contribution in [3.05, 3.63) is 206 Å². The number of fused-ring (bicyclic) bond motifs is 7. The molecule has 0 unspecified atom stereocenters. The first kappa shape index (κ1) is 35.6. The second-order valence-electron chi connectivity index (χ2n) is 16.7. The van der Waals surface area contributed by atoms with Crippen LogP contribution in [0.2, 0.25) is 0 Å². The minimum Gasteiger partial charge on any atom is -0.456 e. The topological polar surface area (TPSA) is 21.3 Å². The summed E-state index contributed by atoms with van der Waals surface area (Å²) in [5.41, 5.74) is 15.0. The van der Waals surface area contributed by atoms with E-state index >= 15 is 0 Å². The fourth-order valence-corrected chi connectivity index (χ4v) is 10.3. The Morgan fingerprint density at radius 1 is 0.443 bits per heavy atom. The summed E-state index contributed by atoms with van der Waals surface area (Å²) < 4.78 is 8.60. The van der Waals surface area contributed by atoms with Gasteiger partial charge < -0.3 is 13.9 Å². The molecule has 1 fully saturated rings. The van der Waals surface area contributed by atoms with E-state index < -0.39 is 0 Å². The number of para-hydroxylation sites is 4. The number of rotatable bonds is 7. The van der Waals surface area contributed by atoms with E-state index in [1.54, 1.807) is 0 Å². The highest BCUT2D eigenvalue weighted by atomic mass is 16.3. The molecular formula is C58H44N2O. The van der Waals surface area contributed by atoms with Crippen molar-refractivity contribution in [3.8, 4) is 27.9 Å². The van der Waals surface area contributed by atoms with E-state index in [9.17, 15) is 0 Å². The molecule has 0 spiro atoms. The van der Waals surface area contributed by atoms with Crippen molar-refractivity contribution in [2.75, 3.05) is 4.90 Å². The summed E-state index contributed by atoms with van der Waals surface area (Å²) in [5, 5.41) is 7.46. The first-order valence-corrected chi connectivity index (χ1v) is 21.8. The van der Waals surface area contributed by atoms with Gasteiger partial charge >= 0.3 is 0 Å². The number of anilines is 3. The molecular weight excluding hydrogens is 741 g/mol. The SMILES string of the molecule is c1ccc(-n2c3ccccc3c3ccc(N(c4ccc(-c5ccc6oc7ccccc7c6c5)cc4)c4ccccc4-c4cccc5cccc(C6CCCCC6)c45)cc32)cc1. The average molecular weight is 785 g/mol. The molecule has 2 heterocycles. The fraction of sp³-hybridized carbons (Fsp3) is 0.103. The van der Waals surface area contributed by atoms with Crippen LogP contribution in [0.5, 0.6) is 0 Å². The molecule has 0 bridgehead atoms. The number of nitrogens with zero attached hydrogens (tertiary/aromatic N) is 2. The molecule has 2 aromatic heterocycles. The summed E-state index contributed by atoms with van der Waals surface area (Å²) >= 11 is 0. The molecule has 9 aromatic carbocycles. The van der Waals surface area contributed by atoms with Crippen LogP contribution in [-0.4, -0.2) is 4.57 Å². The van der Waals surface area contributed by atoms with E-state index in [4.69, 9.17) is 4.42 Å². The molecule has 11 aromatic rings. The molecule has 3 nitrogen and oxygen atoms in total. The van der Waals surface area contributed by atoms with Crippen LogP contribution in [0.15, 0.2) is 205 Å². The van der Waals surface area contributed by atoms with Gasteiger partial charge in [-0.05, 0) is 119 Å². The molecule has 12 rings (SSSR count). The predicted molar refractivity (Wildman–Crippen MR) is 257 cm³/mol. The number of furan rings is 1. The zero-order valence-electron chi connectivity index (χ0n) is 34.0. The highest BCUT2D eigenvalue weighted by Gasteiger charge is 2.24. The smallest absolute Gasteiger partial charge is 0.135 e. The van der Waals surface area contributed by atoms with Gasteiger partial charge in [-0.3, -0.25) is 0 Å². The van der Waals surface area contributed by atoms with Gasteiger partial charge in [0.15, 0.2) is 0 Å². The maximum atomic E-state index is 6.19. The van der Waals surface area contributed by atoms with Crippen LogP contribution in [0.1, 0.15) is 43.6 Å². The third kappa shape index (κ3) is 6.03. The zero-order valence-corrected chi connectivity index (χ0v) is 34.0. The Morgan fingerprint density at radius 2 is 1.11 bits per heavy atom. The van der Waals surface area contributed by atoms with Crippen molar-refractivity contribution in [3.63, 3.8) is 0 Å². The molecule has 0 N–H and O–H groups in total. The molecule has 0 saturated heterocycles. The molecule has 0 radical (unpaired) electrons. The van der Waals surface area contributed by atoms with Gasteiger partial charge in [-0.25, -0.2) is 0 Å². The van der Waals surface area contributed by atoms with Gasteiger partial charge in [0.25, 0.3) is 0 Å². The molecule has 0 aliphatic heterocycles.